The third-order valence-corrected chi connectivity index (χ3v) is 2.77. The SMILES string of the molecule is CC(C)NC(=O)Nc1ccc2c(c1)C(=O)N(C)C2=O. The Morgan fingerprint density at radius 2 is 1.79 bits per heavy atom. The van der Waals surface area contributed by atoms with Crippen LogP contribution >= 0.6 is 0 Å². The van der Waals surface area contributed by atoms with Gasteiger partial charge in [-0.1, -0.05) is 0 Å². The summed E-state index contributed by atoms with van der Waals surface area (Å²) in [4.78, 5) is 36.1. The molecule has 6 nitrogen and oxygen atoms in total. The second kappa shape index (κ2) is 4.72. The molecule has 1 aliphatic rings. The molecule has 1 heterocycles. The van der Waals surface area contributed by atoms with Gasteiger partial charge in [-0.3, -0.25) is 14.5 Å². The van der Waals surface area contributed by atoms with Crippen molar-refractivity contribution in [1.82, 2.24) is 10.2 Å². The minimum absolute atomic E-state index is 0.0174. The van der Waals surface area contributed by atoms with Gasteiger partial charge in [-0.05, 0) is 32.0 Å². The number of hydrogen-bond acceptors (Lipinski definition) is 3. The summed E-state index contributed by atoms with van der Waals surface area (Å²) in [7, 11) is 1.43. The maximum Gasteiger partial charge on any atom is 0.319 e. The van der Waals surface area contributed by atoms with E-state index in [1.165, 1.54) is 13.1 Å². The molecular formula is C13H15N3O3. The third-order valence-electron chi connectivity index (χ3n) is 2.77. The summed E-state index contributed by atoms with van der Waals surface area (Å²) in [6.45, 7) is 3.69. The lowest BCUT2D eigenvalue weighted by Gasteiger charge is -2.10. The fourth-order valence-corrected chi connectivity index (χ4v) is 1.87. The molecule has 2 rings (SSSR count). The summed E-state index contributed by atoms with van der Waals surface area (Å²) >= 11 is 0. The highest BCUT2D eigenvalue weighted by molar-refractivity contribution is 6.21. The molecule has 0 spiro atoms. The number of nitrogens with zero attached hydrogens (tertiary/aromatic N) is 1. The fraction of sp³-hybridized carbons (Fsp3) is 0.308. The van der Waals surface area contributed by atoms with E-state index in [0.29, 0.717) is 16.8 Å². The van der Waals surface area contributed by atoms with Crippen LogP contribution in [-0.2, 0) is 0 Å². The standard InChI is InChI=1S/C13H15N3O3/c1-7(2)14-13(19)15-8-4-5-9-10(6-8)12(18)16(3)11(9)17/h4-7H,1-3H3,(H2,14,15,19). The summed E-state index contributed by atoms with van der Waals surface area (Å²) in [5, 5.41) is 5.30. The summed E-state index contributed by atoms with van der Waals surface area (Å²) < 4.78 is 0. The maximum atomic E-state index is 11.8. The molecular weight excluding hydrogens is 246 g/mol. The van der Waals surface area contributed by atoms with Gasteiger partial charge in [0.2, 0.25) is 0 Å². The Bertz CT molecular complexity index is 566. The third kappa shape index (κ3) is 2.42. The van der Waals surface area contributed by atoms with E-state index in [1.54, 1.807) is 12.1 Å². The minimum atomic E-state index is -0.354. The predicted molar refractivity (Wildman–Crippen MR) is 70.2 cm³/mol. The molecule has 1 aromatic carbocycles. The van der Waals surface area contributed by atoms with Gasteiger partial charge >= 0.3 is 6.03 Å². The minimum Gasteiger partial charge on any atom is -0.336 e. The summed E-state index contributed by atoms with van der Waals surface area (Å²) in [6.07, 6.45) is 0. The Balaban J connectivity index is 2.22. The topological polar surface area (TPSA) is 78.5 Å². The van der Waals surface area contributed by atoms with Gasteiger partial charge in [0.15, 0.2) is 0 Å². The molecule has 0 radical (unpaired) electrons. The molecule has 2 N–H and O–H groups in total. The molecule has 0 aromatic heterocycles. The number of anilines is 1. The average Bonchev–Trinajstić information content (AvgIpc) is 2.53. The van der Waals surface area contributed by atoms with E-state index >= 15 is 0 Å². The largest absolute Gasteiger partial charge is 0.336 e. The summed E-state index contributed by atoms with van der Waals surface area (Å²) in [5.41, 5.74) is 1.16. The van der Waals surface area contributed by atoms with Crippen LogP contribution in [-0.4, -0.2) is 35.8 Å². The number of nitrogens with one attached hydrogen (secondary N) is 2. The average molecular weight is 261 g/mol. The second-order valence-corrected chi connectivity index (χ2v) is 4.68. The van der Waals surface area contributed by atoms with Crippen molar-refractivity contribution in [2.75, 3.05) is 12.4 Å². The summed E-state index contributed by atoms with van der Waals surface area (Å²) in [5.74, 6) is -0.675. The van der Waals surface area contributed by atoms with Gasteiger partial charge in [-0.2, -0.15) is 0 Å². The van der Waals surface area contributed by atoms with E-state index in [0.717, 1.165) is 4.90 Å². The molecule has 4 amide bonds. The Morgan fingerprint density at radius 3 is 2.42 bits per heavy atom. The van der Waals surface area contributed by atoms with Gasteiger partial charge in [0.25, 0.3) is 11.8 Å². The van der Waals surface area contributed by atoms with Crippen molar-refractivity contribution in [3.05, 3.63) is 29.3 Å². The lowest BCUT2D eigenvalue weighted by Crippen LogP contribution is -2.34. The van der Waals surface area contributed by atoms with Crippen LogP contribution in [0, 0.1) is 0 Å². The number of carbonyl (C=O) groups excluding carboxylic acids is 3. The number of amides is 4. The highest BCUT2D eigenvalue weighted by Crippen LogP contribution is 2.24. The van der Waals surface area contributed by atoms with Crippen molar-refractivity contribution >= 4 is 23.5 Å². The van der Waals surface area contributed by atoms with Gasteiger partial charge < -0.3 is 10.6 Å². The van der Waals surface area contributed by atoms with Crippen molar-refractivity contribution in [2.45, 2.75) is 19.9 Å². The first-order valence-corrected chi connectivity index (χ1v) is 5.94. The monoisotopic (exact) mass is 261 g/mol. The van der Waals surface area contributed by atoms with Crippen molar-refractivity contribution in [2.24, 2.45) is 0 Å². The molecule has 0 saturated carbocycles. The highest BCUT2D eigenvalue weighted by Gasteiger charge is 2.32. The van der Waals surface area contributed by atoms with Crippen LogP contribution in [0.3, 0.4) is 0 Å². The number of fused-ring (bicyclic) bond motifs is 1. The Hall–Kier alpha value is -2.37. The second-order valence-electron chi connectivity index (χ2n) is 4.68. The van der Waals surface area contributed by atoms with Crippen LogP contribution < -0.4 is 10.6 Å². The van der Waals surface area contributed by atoms with Crippen molar-refractivity contribution in [3.8, 4) is 0 Å². The van der Waals surface area contributed by atoms with Gasteiger partial charge in [-0.15, -0.1) is 0 Å². The molecule has 1 aromatic rings. The lowest BCUT2D eigenvalue weighted by atomic mass is 10.1. The van der Waals surface area contributed by atoms with Crippen LogP contribution in [0.2, 0.25) is 0 Å². The van der Waals surface area contributed by atoms with E-state index in [1.807, 2.05) is 13.8 Å². The van der Waals surface area contributed by atoms with Crippen LogP contribution in [0.1, 0.15) is 34.6 Å². The Morgan fingerprint density at radius 1 is 1.16 bits per heavy atom. The van der Waals surface area contributed by atoms with E-state index in [9.17, 15) is 14.4 Å². The number of imide groups is 1. The quantitative estimate of drug-likeness (QED) is 0.791. The molecule has 19 heavy (non-hydrogen) atoms. The molecule has 0 atom stereocenters. The number of urea groups is 1. The number of carbonyl (C=O) groups is 3. The highest BCUT2D eigenvalue weighted by atomic mass is 16.2. The first-order chi connectivity index (χ1) is 8.90. The van der Waals surface area contributed by atoms with E-state index in [2.05, 4.69) is 10.6 Å². The van der Waals surface area contributed by atoms with Crippen LogP contribution in [0.4, 0.5) is 10.5 Å². The zero-order valence-corrected chi connectivity index (χ0v) is 11.0. The van der Waals surface area contributed by atoms with E-state index in [-0.39, 0.29) is 23.9 Å². The summed E-state index contributed by atoms with van der Waals surface area (Å²) in [6, 6.07) is 4.33. The zero-order chi connectivity index (χ0) is 14.2. The van der Waals surface area contributed by atoms with Crippen molar-refractivity contribution in [3.63, 3.8) is 0 Å². The molecule has 0 fully saturated rings. The molecule has 0 unspecified atom stereocenters. The van der Waals surface area contributed by atoms with Gasteiger partial charge in [0.1, 0.15) is 0 Å². The number of rotatable bonds is 2. The number of benzene rings is 1. The normalized spacial score (nSPS) is 13.8. The van der Waals surface area contributed by atoms with Crippen molar-refractivity contribution < 1.29 is 14.4 Å². The molecule has 0 aliphatic carbocycles. The smallest absolute Gasteiger partial charge is 0.319 e. The maximum absolute atomic E-state index is 11.8. The first-order valence-electron chi connectivity index (χ1n) is 5.94. The fourth-order valence-electron chi connectivity index (χ4n) is 1.87. The van der Waals surface area contributed by atoms with Gasteiger partial charge in [-0.25, -0.2) is 4.79 Å². The van der Waals surface area contributed by atoms with Crippen LogP contribution in [0.25, 0.3) is 0 Å². The molecule has 0 bridgehead atoms. The first kappa shape index (κ1) is 13.1. The van der Waals surface area contributed by atoms with E-state index < -0.39 is 0 Å². The van der Waals surface area contributed by atoms with Gasteiger partial charge in [0, 0.05) is 18.8 Å². The number of hydrogen-bond donors (Lipinski definition) is 2. The van der Waals surface area contributed by atoms with Crippen LogP contribution in [0.5, 0.6) is 0 Å². The molecule has 0 saturated heterocycles. The molecule has 100 valence electrons. The zero-order valence-electron chi connectivity index (χ0n) is 11.0. The van der Waals surface area contributed by atoms with Gasteiger partial charge in [0.05, 0.1) is 11.1 Å². The van der Waals surface area contributed by atoms with Crippen molar-refractivity contribution in [1.29, 1.82) is 0 Å². The predicted octanol–water partition coefficient (Wildman–Crippen LogP) is 1.44. The molecule has 6 heteroatoms. The lowest BCUT2D eigenvalue weighted by molar-refractivity contribution is 0.0693. The van der Waals surface area contributed by atoms with E-state index in [4.69, 9.17) is 0 Å². The Kier molecular flexibility index (Phi) is 3.25. The van der Waals surface area contributed by atoms with Crippen LogP contribution in [0.15, 0.2) is 18.2 Å². The molecule has 1 aliphatic heterocycles. The Labute approximate surface area is 110 Å².